The predicted octanol–water partition coefficient (Wildman–Crippen LogP) is 7.16. The average molecular weight is 589 g/mol. The molecule has 0 saturated carbocycles. The van der Waals surface area contributed by atoms with Crippen LogP contribution < -0.4 is 20.1 Å². The van der Waals surface area contributed by atoms with Crippen molar-refractivity contribution in [2.45, 2.75) is 38.8 Å². The number of benzene rings is 2. The molecule has 0 spiro atoms. The molecular weight excluding hydrogens is 552 g/mol. The molecule has 0 aliphatic carbocycles. The zero-order valence-electron chi connectivity index (χ0n) is 25.3. The molecule has 44 heavy (non-hydrogen) atoms. The van der Waals surface area contributed by atoms with E-state index in [4.69, 9.17) is 19.4 Å². The second kappa shape index (κ2) is 12.5. The van der Waals surface area contributed by atoms with Crippen molar-refractivity contribution in [2.24, 2.45) is 0 Å². The van der Waals surface area contributed by atoms with Crippen molar-refractivity contribution in [3.05, 3.63) is 107 Å². The summed E-state index contributed by atoms with van der Waals surface area (Å²) >= 11 is 0. The minimum absolute atomic E-state index is 0.134. The number of aromatic amines is 2. The van der Waals surface area contributed by atoms with E-state index in [9.17, 15) is 4.79 Å². The summed E-state index contributed by atoms with van der Waals surface area (Å²) in [6.07, 6.45) is 3.80. The largest absolute Gasteiger partial charge is 0.497 e. The molecule has 4 N–H and O–H groups in total. The van der Waals surface area contributed by atoms with Crippen LogP contribution in [0.5, 0.6) is 11.5 Å². The lowest BCUT2D eigenvalue weighted by molar-refractivity contribution is -0.121. The van der Waals surface area contributed by atoms with E-state index in [-0.39, 0.29) is 17.6 Å². The molecule has 2 unspecified atom stereocenters. The number of anilines is 2. The van der Waals surface area contributed by atoms with E-state index in [1.807, 2.05) is 99.0 Å². The Labute approximate surface area is 256 Å². The summed E-state index contributed by atoms with van der Waals surface area (Å²) in [6, 6.07) is 23.8. The minimum Gasteiger partial charge on any atom is -0.497 e. The molecule has 6 rings (SSSR count). The first kappa shape index (κ1) is 28.8. The summed E-state index contributed by atoms with van der Waals surface area (Å²) < 4.78 is 10.5. The van der Waals surface area contributed by atoms with Gasteiger partial charge in [0.05, 0.1) is 14.2 Å². The third-order valence-corrected chi connectivity index (χ3v) is 8.19. The molecule has 0 bridgehead atoms. The van der Waals surface area contributed by atoms with Crippen molar-refractivity contribution in [1.29, 1.82) is 0 Å². The SMILES string of the molecule is COc1ccc(CNc2ccc3c(C(C)C(=O)C(C)c4c[nH]c5nc(NCc6ccc(OC)cc6)ccc45)c[nH]c3n2)cc1. The number of nitrogens with zero attached hydrogens (tertiary/aromatic N) is 2. The van der Waals surface area contributed by atoms with Crippen molar-refractivity contribution in [3.8, 4) is 11.5 Å². The van der Waals surface area contributed by atoms with Crippen LogP contribution in [0.25, 0.3) is 22.1 Å². The number of methoxy groups -OCH3 is 2. The van der Waals surface area contributed by atoms with Gasteiger partial charge in [-0.3, -0.25) is 4.79 Å². The second-order valence-corrected chi connectivity index (χ2v) is 10.9. The summed E-state index contributed by atoms with van der Waals surface area (Å²) in [7, 11) is 3.32. The summed E-state index contributed by atoms with van der Waals surface area (Å²) in [5.74, 6) is 2.68. The van der Waals surface area contributed by atoms with Gasteiger partial charge >= 0.3 is 0 Å². The first-order valence-corrected chi connectivity index (χ1v) is 14.7. The van der Waals surface area contributed by atoms with E-state index in [1.165, 1.54) is 0 Å². The Kier molecular flexibility index (Phi) is 8.18. The highest BCUT2D eigenvalue weighted by atomic mass is 16.5. The quantitative estimate of drug-likeness (QED) is 0.120. The van der Waals surface area contributed by atoms with Gasteiger partial charge in [0.15, 0.2) is 0 Å². The number of aromatic nitrogens is 4. The van der Waals surface area contributed by atoms with Crippen molar-refractivity contribution in [2.75, 3.05) is 24.9 Å². The Balaban J connectivity index is 1.12. The molecule has 4 heterocycles. The number of nitrogens with one attached hydrogen (secondary N) is 4. The molecule has 0 aliphatic rings. The molecule has 0 radical (unpaired) electrons. The van der Waals surface area contributed by atoms with Crippen molar-refractivity contribution in [1.82, 2.24) is 19.9 Å². The molecule has 6 aromatic rings. The molecule has 0 aliphatic heterocycles. The van der Waals surface area contributed by atoms with Crippen molar-refractivity contribution < 1.29 is 14.3 Å². The highest BCUT2D eigenvalue weighted by molar-refractivity contribution is 5.98. The topological polar surface area (TPSA) is 117 Å². The number of ether oxygens (including phenoxy) is 2. The number of carbonyl (C=O) groups excluding carboxylic acids is 1. The van der Waals surface area contributed by atoms with E-state index < -0.39 is 0 Å². The molecule has 9 nitrogen and oxygen atoms in total. The standard InChI is InChI=1S/C35H36N6O3/c1-21(29-19-38-34-27(29)13-15-31(40-34)36-17-23-5-9-25(43-3)10-6-23)33(42)22(2)30-20-39-35-28(30)14-16-32(41-35)37-18-24-7-11-26(44-4)12-8-24/h5-16,19-22H,17-18H2,1-4H3,(H2,36,38,40)(H2,37,39,41). The first-order valence-electron chi connectivity index (χ1n) is 14.7. The minimum atomic E-state index is -0.318. The van der Waals surface area contributed by atoms with Crippen molar-refractivity contribution in [3.63, 3.8) is 0 Å². The monoisotopic (exact) mass is 588 g/mol. The van der Waals surface area contributed by atoms with Crippen LogP contribution in [0.1, 0.15) is 47.9 Å². The Bertz CT molecular complexity index is 1750. The normalized spacial score (nSPS) is 12.6. The van der Waals surface area contributed by atoms with Gasteiger partial charge in [-0.25, -0.2) is 9.97 Å². The van der Waals surface area contributed by atoms with E-state index in [2.05, 4.69) is 20.6 Å². The van der Waals surface area contributed by atoms with Crippen LogP contribution in [-0.4, -0.2) is 39.9 Å². The van der Waals surface area contributed by atoms with Gasteiger partial charge in [-0.2, -0.15) is 0 Å². The van der Waals surface area contributed by atoms with Crippen LogP contribution in [0.15, 0.2) is 85.2 Å². The Morgan fingerprint density at radius 2 is 1.07 bits per heavy atom. The van der Waals surface area contributed by atoms with E-state index in [1.54, 1.807) is 14.2 Å². The fourth-order valence-corrected chi connectivity index (χ4v) is 5.52. The molecule has 0 saturated heterocycles. The molecule has 2 atom stereocenters. The van der Waals surface area contributed by atoms with Gasteiger partial charge in [0.25, 0.3) is 0 Å². The molecular formula is C35H36N6O3. The maximum Gasteiger partial charge on any atom is 0.147 e. The van der Waals surface area contributed by atoms with Crippen LogP contribution in [0.4, 0.5) is 11.6 Å². The molecule has 2 aromatic carbocycles. The smallest absolute Gasteiger partial charge is 0.147 e. The number of pyridine rings is 2. The number of ketones is 1. The van der Waals surface area contributed by atoms with Gasteiger partial charge in [0.2, 0.25) is 0 Å². The number of hydrogen-bond donors (Lipinski definition) is 4. The maximum atomic E-state index is 13.8. The molecule has 9 heteroatoms. The second-order valence-electron chi connectivity index (χ2n) is 10.9. The van der Waals surface area contributed by atoms with E-state index in [0.717, 1.165) is 67.5 Å². The molecule has 0 fully saturated rings. The highest BCUT2D eigenvalue weighted by Gasteiger charge is 2.27. The summed E-state index contributed by atoms with van der Waals surface area (Å²) in [4.78, 5) is 29.8. The van der Waals surface area contributed by atoms with Gasteiger partial charge in [0.1, 0.15) is 40.2 Å². The van der Waals surface area contributed by atoms with Crippen LogP contribution in [0.2, 0.25) is 0 Å². The third-order valence-electron chi connectivity index (χ3n) is 8.19. The summed E-state index contributed by atoms with van der Waals surface area (Å²) in [6.45, 7) is 5.21. The zero-order valence-corrected chi connectivity index (χ0v) is 25.3. The maximum absolute atomic E-state index is 13.8. The van der Waals surface area contributed by atoms with Crippen LogP contribution >= 0.6 is 0 Å². The van der Waals surface area contributed by atoms with Crippen molar-refractivity contribution >= 4 is 39.5 Å². The molecule has 4 aromatic heterocycles. The lowest BCUT2D eigenvalue weighted by atomic mass is 9.86. The van der Waals surface area contributed by atoms with E-state index >= 15 is 0 Å². The highest BCUT2D eigenvalue weighted by Crippen LogP contribution is 2.33. The number of H-pyrrole nitrogens is 2. The van der Waals surface area contributed by atoms with Crippen LogP contribution in [-0.2, 0) is 17.9 Å². The first-order chi connectivity index (χ1) is 21.4. The number of Topliss-reactive ketones (excluding diaryl/α,β-unsaturated/α-hetero) is 1. The predicted molar refractivity (Wildman–Crippen MR) is 175 cm³/mol. The molecule has 0 amide bonds. The zero-order chi connectivity index (χ0) is 30.6. The van der Waals surface area contributed by atoms with Gasteiger partial charge in [-0.05, 0) is 70.8 Å². The van der Waals surface area contributed by atoms with Crippen LogP contribution in [0.3, 0.4) is 0 Å². The fraction of sp³-hybridized carbons (Fsp3) is 0.229. The number of fused-ring (bicyclic) bond motifs is 2. The van der Waals surface area contributed by atoms with Crippen LogP contribution in [0, 0.1) is 0 Å². The van der Waals surface area contributed by atoms with Gasteiger partial charge in [-0.1, -0.05) is 38.1 Å². The Hall–Kier alpha value is -5.31. The fourth-order valence-electron chi connectivity index (χ4n) is 5.52. The Morgan fingerprint density at radius 3 is 1.45 bits per heavy atom. The van der Waals surface area contributed by atoms with Gasteiger partial charge in [-0.15, -0.1) is 0 Å². The number of hydrogen-bond acceptors (Lipinski definition) is 7. The number of carbonyl (C=O) groups is 1. The third kappa shape index (κ3) is 5.94. The summed E-state index contributed by atoms with van der Waals surface area (Å²) in [5.41, 5.74) is 5.63. The van der Waals surface area contributed by atoms with E-state index in [0.29, 0.717) is 13.1 Å². The Morgan fingerprint density at radius 1 is 0.659 bits per heavy atom. The van der Waals surface area contributed by atoms with Gasteiger partial charge in [0, 0.05) is 48.1 Å². The summed E-state index contributed by atoms with van der Waals surface area (Å²) in [5, 5.41) is 8.64. The lowest BCUT2D eigenvalue weighted by Gasteiger charge is -2.16. The molecule has 224 valence electrons. The van der Waals surface area contributed by atoms with Gasteiger partial charge < -0.3 is 30.1 Å². The number of rotatable bonds is 12. The lowest BCUT2D eigenvalue weighted by Crippen LogP contribution is -2.16. The average Bonchev–Trinajstić information content (AvgIpc) is 3.69.